The third kappa shape index (κ3) is 4.85. The van der Waals surface area contributed by atoms with E-state index in [0.717, 1.165) is 56.1 Å². The van der Waals surface area contributed by atoms with Gasteiger partial charge in [-0.05, 0) is 36.5 Å². The van der Waals surface area contributed by atoms with Crippen molar-refractivity contribution in [1.82, 2.24) is 14.8 Å². The van der Waals surface area contributed by atoms with Crippen LogP contribution in [0.1, 0.15) is 24.6 Å². The molecule has 5 nitrogen and oxygen atoms in total. The maximum Gasteiger partial charge on any atom is 0.227 e. The first-order valence-electron chi connectivity index (χ1n) is 10.8. The summed E-state index contributed by atoms with van der Waals surface area (Å²) in [5, 5.41) is 0. The van der Waals surface area contributed by atoms with E-state index in [1.807, 2.05) is 36.9 Å². The van der Waals surface area contributed by atoms with Crippen LogP contribution in [0.15, 0.2) is 48.5 Å². The molecule has 1 aromatic carbocycles. The van der Waals surface area contributed by atoms with Gasteiger partial charge in [0.25, 0.3) is 0 Å². The van der Waals surface area contributed by atoms with Crippen LogP contribution in [0.2, 0.25) is 0 Å². The van der Waals surface area contributed by atoms with Crippen LogP contribution < -0.4 is 4.90 Å². The summed E-state index contributed by atoms with van der Waals surface area (Å²) in [5.74, 6) is 2.44. The first-order chi connectivity index (χ1) is 14.1. The molecule has 2 unspecified atom stereocenters. The summed E-state index contributed by atoms with van der Waals surface area (Å²) in [6.45, 7) is 11.3. The number of hydrogen-bond acceptors (Lipinski definition) is 4. The SMILES string of the molecule is CCC(=O)N(CCN1CC2CN(Cc3ccccc3)CC2C1)c1cccc(C)n1. The summed E-state index contributed by atoms with van der Waals surface area (Å²) < 4.78 is 0. The fourth-order valence-electron chi connectivity index (χ4n) is 4.82. The number of fused-ring (bicyclic) bond motifs is 1. The smallest absolute Gasteiger partial charge is 0.227 e. The van der Waals surface area contributed by atoms with Crippen molar-refractivity contribution in [2.24, 2.45) is 11.8 Å². The topological polar surface area (TPSA) is 39.7 Å². The summed E-state index contributed by atoms with van der Waals surface area (Å²) in [4.78, 5) is 24.1. The van der Waals surface area contributed by atoms with Crippen molar-refractivity contribution in [3.8, 4) is 0 Å². The third-order valence-corrected chi connectivity index (χ3v) is 6.28. The number of aryl methyl sites for hydroxylation is 1. The first-order valence-corrected chi connectivity index (χ1v) is 10.8. The van der Waals surface area contributed by atoms with E-state index < -0.39 is 0 Å². The maximum absolute atomic E-state index is 12.5. The molecule has 4 rings (SSSR count). The van der Waals surface area contributed by atoms with Crippen molar-refractivity contribution in [2.75, 3.05) is 44.2 Å². The Balaban J connectivity index is 1.30. The lowest BCUT2D eigenvalue weighted by atomic mass is 10.0. The van der Waals surface area contributed by atoms with Crippen LogP contribution in [-0.2, 0) is 11.3 Å². The van der Waals surface area contributed by atoms with Gasteiger partial charge in [0.05, 0.1) is 0 Å². The van der Waals surface area contributed by atoms with Gasteiger partial charge in [-0.2, -0.15) is 0 Å². The quantitative estimate of drug-likeness (QED) is 0.726. The molecule has 2 saturated heterocycles. The summed E-state index contributed by atoms with van der Waals surface area (Å²) in [6, 6.07) is 16.7. The maximum atomic E-state index is 12.5. The Morgan fingerprint density at radius 1 is 1.00 bits per heavy atom. The Morgan fingerprint density at radius 3 is 2.34 bits per heavy atom. The predicted molar refractivity (Wildman–Crippen MR) is 117 cm³/mol. The minimum absolute atomic E-state index is 0.150. The standard InChI is InChI=1S/C24H32N4O/c1-3-24(29)28(23-11-7-8-19(2)25-23)13-12-26-15-21-17-27(18-22(21)16-26)14-20-9-5-4-6-10-20/h4-11,21-22H,3,12-18H2,1-2H3. The van der Waals surface area contributed by atoms with Gasteiger partial charge in [-0.15, -0.1) is 0 Å². The number of rotatable bonds is 7. The van der Waals surface area contributed by atoms with Crippen LogP contribution in [0.25, 0.3) is 0 Å². The van der Waals surface area contributed by atoms with Gasteiger partial charge in [-0.1, -0.05) is 43.3 Å². The highest BCUT2D eigenvalue weighted by Crippen LogP contribution is 2.31. The van der Waals surface area contributed by atoms with Crippen molar-refractivity contribution in [3.05, 3.63) is 59.8 Å². The van der Waals surface area contributed by atoms with Crippen LogP contribution in [0.4, 0.5) is 5.82 Å². The van der Waals surface area contributed by atoms with Gasteiger partial charge in [0.15, 0.2) is 0 Å². The number of anilines is 1. The molecule has 2 aliphatic rings. The zero-order chi connectivity index (χ0) is 20.2. The van der Waals surface area contributed by atoms with Gasteiger partial charge in [0.1, 0.15) is 5.82 Å². The molecular weight excluding hydrogens is 360 g/mol. The number of likely N-dealkylation sites (tertiary alicyclic amines) is 2. The zero-order valence-corrected chi connectivity index (χ0v) is 17.6. The van der Waals surface area contributed by atoms with Crippen molar-refractivity contribution in [1.29, 1.82) is 0 Å². The van der Waals surface area contributed by atoms with Crippen LogP contribution in [-0.4, -0.2) is 60.0 Å². The molecule has 0 aliphatic carbocycles. The van der Waals surface area contributed by atoms with E-state index in [2.05, 4.69) is 45.1 Å². The van der Waals surface area contributed by atoms with E-state index in [1.165, 1.54) is 18.7 Å². The lowest BCUT2D eigenvalue weighted by Crippen LogP contribution is -2.39. The number of hydrogen-bond donors (Lipinski definition) is 0. The highest BCUT2D eigenvalue weighted by Gasteiger charge is 2.39. The normalized spacial score (nSPS) is 22.0. The molecule has 0 radical (unpaired) electrons. The van der Waals surface area contributed by atoms with Crippen LogP contribution in [0.3, 0.4) is 0 Å². The van der Waals surface area contributed by atoms with E-state index in [9.17, 15) is 4.79 Å². The number of aromatic nitrogens is 1. The number of carbonyl (C=O) groups is 1. The summed E-state index contributed by atoms with van der Waals surface area (Å²) >= 11 is 0. The molecule has 1 amide bonds. The van der Waals surface area contributed by atoms with Crippen molar-refractivity contribution in [3.63, 3.8) is 0 Å². The molecule has 5 heteroatoms. The molecule has 2 fully saturated rings. The third-order valence-electron chi connectivity index (χ3n) is 6.28. The monoisotopic (exact) mass is 392 g/mol. The molecule has 0 saturated carbocycles. The minimum Gasteiger partial charge on any atom is -0.301 e. The fourth-order valence-corrected chi connectivity index (χ4v) is 4.82. The Labute approximate surface area is 174 Å². The second-order valence-corrected chi connectivity index (χ2v) is 8.50. The fraction of sp³-hybridized carbons (Fsp3) is 0.500. The molecule has 0 bridgehead atoms. The molecule has 2 atom stereocenters. The number of pyridine rings is 1. The van der Waals surface area contributed by atoms with E-state index >= 15 is 0 Å². The van der Waals surface area contributed by atoms with Crippen molar-refractivity contribution >= 4 is 11.7 Å². The second-order valence-electron chi connectivity index (χ2n) is 8.50. The molecule has 2 aromatic rings. The zero-order valence-electron chi connectivity index (χ0n) is 17.6. The Morgan fingerprint density at radius 2 is 1.69 bits per heavy atom. The molecule has 0 spiro atoms. The minimum atomic E-state index is 0.150. The lowest BCUT2D eigenvalue weighted by molar-refractivity contribution is -0.118. The highest BCUT2D eigenvalue weighted by molar-refractivity contribution is 5.92. The van der Waals surface area contributed by atoms with Gasteiger partial charge in [-0.3, -0.25) is 14.6 Å². The van der Waals surface area contributed by atoms with E-state index in [-0.39, 0.29) is 5.91 Å². The summed E-state index contributed by atoms with van der Waals surface area (Å²) in [5.41, 5.74) is 2.36. The highest BCUT2D eigenvalue weighted by atomic mass is 16.2. The Kier molecular flexibility index (Phi) is 6.26. The Hall–Kier alpha value is -2.24. The van der Waals surface area contributed by atoms with Crippen LogP contribution in [0, 0.1) is 18.8 Å². The van der Waals surface area contributed by atoms with Gasteiger partial charge in [-0.25, -0.2) is 4.98 Å². The number of carbonyl (C=O) groups excluding carboxylic acids is 1. The molecule has 29 heavy (non-hydrogen) atoms. The van der Waals surface area contributed by atoms with Crippen molar-refractivity contribution in [2.45, 2.75) is 26.8 Å². The van der Waals surface area contributed by atoms with Gasteiger partial charge in [0.2, 0.25) is 5.91 Å². The van der Waals surface area contributed by atoms with Crippen LogP contribution >= 0.6 is 0 Å². The predicted octanol–water partition coefficient (Wildman–Crippen LogP) is 3.20. The van der Waals surface area contributed by atoms with E-state index in [1.54, 1.807) is 0 Å². The summed E-state index contributed by atoms with van der Waals surface area (Å²) in [7, 11) is 0. The molecular formula is C24H32N4O. The first kappa shape index (κ1) is 20.0. The molecule has 3 heterocycles. The van der Waals surface area contributed by atoms with E-state index in [4.69, 9.17) is 0 Å². The van der Waals surface area contributed by atoms with Crippen molar-refractivity contribution < 1.29 is 4.79 Å². The van der Waals surface area contributed by atoms with Gasteiger partial charge < -0.3 is 4.90 Å². The average Bonchev–Trinajstić information content (AvgIpc) is 3.27. The van der Waals surface area contributed by atoms with E-state index in [0.29, 0.717) is 6.42 Å². The van der Waals surface area contributed by atoms with Gasteiger partial charge in [0, 0.05) is 57.9 Å². The number of benzene rings is 1. The molecule has 1 aromatic heterocycles. The number of nitrogens with zero attached hydrogens (tertiary/aromatic N) is 4. The Bertz CT molecular complexity index is 811. The largest absolute Gasteiger partial charge is 0.301 e. The molecule has 2 aliphatic heterocycles. The van der Waals surface area contributed by atoms with Crippen LogP contribution in [0.5, 0.6) is 0 Å². The van der Waals surface area contributed by atoms with Gasteiger partial charge >= 0.3 is 0 Å². The average molecular weight is 393 g/mol. The lowest BCUT2D eigenvalue weighted by Gasteiger charge is -2.26. The second kappa shape index (κ2) is 9.06. The molecule has 154 valence electrons. The molecule has 0 N–H and O–H groups in total. The summed E-state index contributed by atoms with van der Waals surface area (Å²) in [6.07, 6.45) is 0.509. The number of amides is 1.